The Hall–Kier alpha value is -3.15. The third-order valence-corrected chi connectivity index (χ3v) is 4.51. The lowest BCUT2D eigenvalue weighted by Crippen LogP contribution is -2.14. The fraction of sp³-hybridized carbons (Fsp3) is 0.304. The van der Waals surface area contributed by atoms with Crippen LogP contribution in [0.2, 0.25) is 0 Å². The van der Waals surface area contributed by atoms with E-state index in [1.54, 1.807) is 36.4 Å². The fourth-order valence-corrected chi connectivity index (χ4v) is 2.76. The minimum Gasteiger partial charge on any atom is -0.489 e. The van der Waals surface area contributed by atoms with Crippen LogP contribution < -0.4 is 10.1 Å². The van der Waals surface area contributed by atoms with E-state index in [4.69, 9.17) is 9.26 Å². The number of hydrogen-bond acceptors (Lipinski definition) is 4. The fourth-order valence-electron chi connectivity index (χ4n) is 2.76. The number of aromatic nitrogens is 1. The average Bonchev–Trinajstić information content (AvgIpc) is 3.11. The van der Waals surface area contributed by atoms with Gasteiger partial charge in [-0.1, -0.05) is 38.1 Å². The molecule has 152 valence electrons. The summed E-state index contributed by atoms with van der Waals surface area (Å²) in [6.45, 7) is 8.06. The van der Waals surface area contributed by atoms with Crippen LogP contribution in [0.5, 0.6) is 5.75 Å². The first-order valence-electron chi connectivity index (χ1n) is 9.45. The van der Waals surface area contributed by atoms with Gasteiger partial charge in [-0.15, -0.1) is 0 Å². The number of ether oxygens (including phenoxy) is 1. The van der Waals surface area contributed by atoms with E-state index in [0.717, 1.165) is 11.3 Å². The SMILES string of the molecule is Cc1cccc(F)c1COc1ccc(NC(=O)Cc2cc(C(C)(C)C)on2)cc1. The van der Waals surface area contributed by atoms with E-state index in [9.17, 15) is 9.18 Å². The third kappa shape index (κ3) is 5.44. The van der Waals surface area contributed by atoms with E-state index in [2.05, 4.69) is 10.5 Å². The molecule has 1 heterocycles. The van der Waals surface area contributed by atoms with Crippen LogP contribution in [0.1, 0.15) is 43.4 Å². The Kier molecular flexibility index (Phi) is 6.01. The van der Waals surface area contributed by atoms with E-state index in [0.29, 0.717) is 22.7 Å². The van der Waals surface area contributed by atoms with Crippen LogP contribution in [0.15, 0.2) is 53.1 Å². The standard InChI is InChI=1S/C23H25FN2O3/c1-15-6-5-7-20(24)19(15)14-28-18-10-8-16(9-11-18)25-22(27)13-17-12-21(29-26-17)23(2,3)4/h5-12H,13-14H2,1-4H3,(H,25,27). The average molecular weight is 396 g/mol. The largest absolute Gasteiger partial charge is 0.489 e. The Bertz CT molecular complexity index is 968. The number of aryl methyl sites for hydroxylation is 1. The second-order valence-electron chi connectivity index (χ2n) is 8.01. The zero-order chi connectivity index (χ0) is 21.0. The van der Waals surface area contributed by atoms with Gasteiger partial charge in [0.05, 0.1) is 12.1 Å². The Morgan fingerprint density at radius 2 is 1.90 bits per heavy atom. The smallest absolute Gasteiger partial charge is 0.230 e. The molecule has 0 atom stereocenters. The minimum atomic E-state index is -0.281. The highest BCUT2D eigenvalue weighted by Crippen LogP contribution is 2.23. The van der Waals surface area contributed by atoms with Crippen LogP contribution in [-0.2, 0) is 23.2 Å². The van der Waals surface area contributed by atoms with E-state index in [-0.39, 0.29) is 30.2 Å². The van der Waals surface area contributed by atoms with Crippen molar-refractivity contribution in [1.29, 1.82) is 0 Å². The van der Waals surface area contributed by atoms with Crippen LogP contribution in [-0.4, -0.2) is 11.1 Å². The van der Waals surface area contributed by atoms with Gasteiger partial charge in [-0.2, -0.15) is 0 Å². The summed E-state index contributed by atoms with van der Waals surface area (Å²) in [6, 6.07) is 13.7. The number of hydrogen-bond donors (Lipinski definition) is 1. The van der Waals surface area contributed by atoms with Gasteiger partial charge in [0.25, 0.3) is 0 Å². The number of anilines is 1. The van der Waals surface area contributed by atoms with Gasteiger partial charge >= 0.3 is 0 Å². The maximum Gasteiger partial charge on any atom is 0.230 e. The molecule has 0 radical (unpaired) electrons. The predicted octanol–water partition coefficient (Wildman–Crippen LogP) is 5.18. The maximum absolute atomic E-state index is 13.9. The topological polar surface area (TPSA) is 64.4 Å². The van der Waals surface area contributed by atoms with Crippen molar-refractivity contribution in [2.24, 2.45) is 0 Å². The van der Waals surface area contributed by atoms with E-state index < -0.39 is 0 Å². The molecule has 2 aromatic carbocycles. The summed E-state index contributed by atoms with van der Waals surface area (Å²) >= 11 is 0. The summed E-state index contributed by atoms with van der Waals surface area (Å²) in [5.74, 6) is 0.870. The lowest BCUT2D eigenvalue weighted by Gasteiger charge is -2.12. The number of benzene rings is 2. The number of nitrogens with one attached hydrogen (secondary N) is 1. The third-order valence-electron chi connectivity index (χ3n) is 4.51. The first kappa shape index (κ1) is 20.6. The highest BCUT2D eigenvalue weighted by atomic mass is 19.1. The predicted molar refractivity (Wildman–Crippen MR) is 109 cm³/mol. The molecular weight excluding hydrogens is 371 g/mol. The molecule has 5 nitrogen and oxygen atoms in total. The molecule has 0 saturated heterocycles. The van der Waals surface area contributed by atoms with Crippen molar-refractivity contribution in [2.75, 3.05) is 5.32 Å². The van der Waals surface area contributed by atoms with Gasteiger partial charge in [-0.25, -0.2) is 4.39 Å². The molecule has 0 saturated carbocycles. The molecule has 0 unspecified atom stereocenters. The highest BCUT2D eigenvalue weighted by molar-refractivity contribution is 5.92. The van der Waals surface area contributed by atoms with Crippen molar-refractivity contribution < 1.29 is 18.4 Å². The van der Waals surface area contributed by atoms with Gasteiger partial charge in [-0.3, -0.25) is 4.79 Å². The van der Waals surface area contributed by atoms with Gasteiger partial charge in [0, 0.05) is 22.7 Å². The van der Waals surface area contributed by atoms with Gasteiger partial charge in [-0.05, 0) is 42.8 Å². The summed E-state index contributed by atoms with van der Waals surface area (Å²) < 4.78 is 24.8. The van der Waals surface area contributed by atoms with Gasteiger partial charge in [0.1, 0.15) is 23.9 Å². The molecule has 6 heteroatoms. The molecule has 29 heavy (non-hydrogen) atoms. The van der Waals surface area contributed by atoms with Crippen molar-refractivity contribution in [1.82, 2.24) is 5.16 Å². The second kappa shape index (κ2) is 8.47. The van der Waals surface area contributed by atoms with Crippen molar-refractivity contribution in [2.45, 2.75) is 46.1 Å². The number of nitrogens with zero attached hydrogens (tertiary/aromatic N) is 1. The summed E-state index contributed by atoms with van der Waals surface area (Å²) in [4.78, 5) is 12.2. The van der Waals surface area contributed by atoms with Crippen molar-refractivity contribution >= 4 is 11.6 Å². The van der Waals surface area contributed by atoms with Gasteiger partial charge < -0.3 is 14.6 Å². The highest BCUT2D eigenvalue weighted by Gasteiger charge is 2.20. The molecular formula is C23H25FN2O3. The Balaban J connectivity index is 1.55. The molecule has 0 aliphatic heterocycles. The first-order chi connectivity index (χ1) is 13.7. The molecule has 1 N–H and O–H groups in total. The normalized spacial score (nSPS) is 11.3. The number of rotatable bonds is 6. The molecule has 1 amide bonds. The number of carbonyl (C=O) groups excluding carboxylic acids is 1. The molecule has 1 aromatic heterocycles. The zero-order valence-electron chi connectivity index (χ0n) is 17.1. The van der Waals surface area contributed by atoms with E-state index >= 15 is 0 Å². The summed E-state index contributed by atoms with van der Waals surface area (Å²) in [5, 5.41) is 6.78. The van der Waals surface area contributed by atoms with Crippen molar-refractivity contribution in [3.63, 3.8) is 0 Å². The van der Waals surface area contributed by atoms with Crippen molar-refractivity contribution in [3.8, 4) is 5.75 Å². The summed E-state index contributed by atoms with van der Waals surface area (Å²) in [6.07, 6.45) is 0.129. The molecule has 0 bridgehead atoms. The van der Waals surface area contributed by atoms with Crippen LogP contribution in [0.4, 0.5) is 10.1 Å². The quantitative estimate of drug-likeness (QED) is 0.624. The molecule has 0 spiro atoms. The number of halogens is 1. The lowest BCUT2D eigenvalue weighted by atomic mass is 9.93. The lowest BCUT2D eigenvalue weighted by molar-refractivity contribution is -0.115. The monoisotopic (exact) mass is 396 g/mol. The number of carbonyl (C=O) groups is 1. The Morgan fingerprint density at radius 3 is 2.52 bits per heavy atom. The Morgan fingerprint density at radius 1 is 1.17 bits per heavy atom. The van der Waals surface area contributed by atoms with E-state index in [1.165, 1.54) is 6.07 Å². The molecule has 3 rings (SSSR count). The number of amides is 1. The summed E-state index contributed by atoms with van der Waals surface area (Å²) in [5.41, 5.74) is 2.46. The Labute approximate surface area is 169 Å². The zero-order valence-corrected chi connectivity index (χ0v) is 17.1. The molecule has 0 aliphatic carbocycles. The van der Waals surface area contributed by atoms with Crippen LogP contribution in [0.3, 0.4) is 0 Å². The van der Waals surface area contributed by atoms with Crippen molar-refractivity contribution in [3.05, 3.63) is 76.9 Å². The minimum absolute atomic E-state index is 0.129. The van der Waals surface area contributed by atoms with Crippen LogP contribution >= 0.6 is 0 Å². The second-order valence-corrected chi connectivity index (χ2v) is 8.01. The maximum atomic E-state index is 13.9. The van der Waals surface area contributed by atoms with Gasteiger partial charge in [0.2, 0.25) is 5.91 Å². The summed E-state index contributed by atoms with van der Waals surface area (Å²) in [7, 11) is 0. The first-order valence-corrected chi connectivity index (χ1v) is 9.45. The molecule has 0 fully saturated rings. The van der Waals surface area contributed by atoms with Crippen LogP contribution in [0, 0.1) is 12.7 Å². The molecule has 3 aromatic rings. The van der Waals surface area contributed by atoms with Gasteiger partial charge in [0.15, 0.2) is 0 Å². The van der Waals surface area contributed by atoms with E-state index in [1.807, 2.05) is 33.8 Å². The van der Waals surface area contributed by atoms with Crippen LogP contribution in [0.25, 0.3) is 0 Å². The molecule has 0 aliphatic rings.